The van der Waals surface area contributed by atoms with Crippen LogP contribution < -0.4 is 5.56 Å². The van der Waals surface area contributed by atoms with Crippen LogP contribution in [0.3, 0.4) is 0 Å². The molecule has 17 heavy (non-hydrogen) atoms. The number of aromatic amines is 1. The third-order valence-corrected chi connectivity index (χ3v) is 3.72. The van der Waals surface area contributed by atoms with Crippen LogP contribution in [0.4, 0.5) is 0 Å². The number of pyridine rings is 1. The monoisotopic (exact) mass is 234 g/mol. The molecule has 0 aromatic carbocycles. The Hall–Kier alpha value is -1.09. The van der Waals surface area contributed by atoms with Crippen molar-refractivity contribution >= 4 is 0 Å². The van der Waals surface area contributed by atoms with Crippen LogP contribution >= 0.6 is 0 Å². The summed E-state index contributed by atoms with van der Waals surface area (Å²) < 4.78 is 0. The molecule has 1 saturated heterocycles. The standard InChI is InChI=1S/C14H22N2O/c1-10(2)16-9-5-4-6-13(16)12-7-8-14(17)15-11(12)3/h7-8,10,13H,4-6,9H2,1-3H3,(H,15,17)/t13-/m1/s1. The van der Waals surface area contributed by atoms with Gasteiger partial charge in [-0.3, -0.25) is 9.69 Å². The first-order valence-electron chi connectivity index (χ1n) is 6.55. The molecular weight excluding hydrogens is 212 g/mol. The molecule has 0 amide bonds. The van der Waals surface area contributed by atoms with Crippen LogP contribution in [0, 0.1) is 6.92 Å². The first-order chi connectivity index (χ1) is 8.09. The maximum Gasteiger partial charge on any atom is 0.248 e. The van der Waals surface area contributed by atoms with Gasteiger partial charge in [-0.05, 0) is 45.7 Å². The summed E-state index contributed by atoms with van der Waals surface area (Å²) in [5.74, 6) is 0. The molecule has 1 aromatic heterocycles. The van der Waals surface area contributed by atoms with Gasteiger partial charge >= 0.3 is 0 Å². The van der Waals surface area contributed by atoms with Crippen molar-refractivity contribution in [3.8, 4) is 0 Å². The highest BCUT2D eigenvalue weighted by atomic mass is 16.1. The van der Waals surface area contributed by atoms with E-state index >= 15 is 0 Å². The number of aromatic nitrogens is 1. The summed E-state index contributed by atoms with van der Waals surface area (Å²) in [4.78, 5) is 16.7. The third kappa shape index (κ3) is 2.60. The van der Waals surface area contributed by atoms with E-state index in [0.717, 1.165) is 5.69 Å². The fourth-order valence-corrected chi connectivity index (χ4v) is 2.86. The van der Waals surface area contributed by atoms with Gasteiger partial charge in [-0.2, -0.15) is 0 Å². The van der Waals surface area contributed by atoms with E-state index in [1.165, 1.54) is 31.4 Å². The molecule has 1 aliphatic rings. The molecule has 1 N–H and O–H groups in total. The van der Waals surface area contributed by atoms with Gasteiger partial charge in [-0.1, -0.05) is 12.5 Å². The lowest BCUT2D eigenvalue weighted by Gasteiger charge is -2.39. The number of hydrogen-bond donors (Lipinski definition) is 1. The second-order valence-electron chi connectivity index (χ2n) is 5.25. The van der Waals surface area contributed by atoms with Crippen LogP contribution in [-0.2, 0) is 0 Å². The normalized spacial score (nSPS) is 22.0. The number of hydrogen-bond acceptors (Lipinski definition) is 2. The molecule has 94 valence electrons. The Balaban J connectivity index is 2.32. The summed E-state index contributed by atoms with van der Waals surface area (Å²) in [5, 5.41) is 0. The van der Waals surface area contributed by atoms with Crippen molar-refractivity contribution in [3.05, 3.63) is 33.7 Å². The van der Waals surface area contributed by atoms with Crippen molar-refractivity contribution in [2.24, 2.45) is 0 Å². The van der Waals surface area contributed by atoms with Crippen molar-refractivity contribution in [1.29, 1.82) is 0 Å². The van der Waals surface area contributed by atoms with Crippen LogP contribution in [0.1, 0.15) is 50.4 Å². The van der Waals surface area contributed by atoms with Crippen molar-refractivity contribution in [2.75, 3.05) is 6.54 Å². The van der Waals surface area contributed by atoms with Gasteiger partial charge in [0, 0.05) is 23.8 Å². The van der Waals surface area contributed by atoms with Gasteiger partial charge in [-0.25, -0.2) is 0 Å². The molecule has 2 heterocycles. The average Bonchev–Trinajstić information content (AvgIpc) is 2.29. The first kappa shape index (κ1) is 12.4. The summed E-state index contributed by atoms with van der Waals surface area (Å²) in [5.41, 5.74) is 2.31. The fourth-order valence-electron chi connectivity index (χ4n) is 2.86. The summed E-state index contributed by atoms with van der Waals surface area (Å²) in [6, 6.07) is 4.68. The summed E-state index contributed by atoms with van der Waals surface area (Å²) in [6.07, 6.45) is 3.77. The molecule has 0 saturated carbocycles. The predicted molar refractivity (Wildman–Crippen MR) is 70.2 cm³/mol. The van der Waals surface area contributed by atoms with Crippen LogP contribution in [0.2, 0.25) is 0 Å². The molecule has 0 bridgehead atoms. The lowest BCUT2D eigenvalue weighted by Crippen LogP contribution is -2.39. The van der Waals surface area contributed by atoms with Crippen molar-refractivity contribution < 1.29 is 0 Å². The zero-order chi connectivity index (χ0) is 12.4. The molecule has 3 nitrogen and oxygen atoms in total. The zero-order valence-corrected chi connectivity index (χ0v) is 11.0. The lowest BCUT2D eigenvalue weighted by atomic mass is 9.93. The average molecular weight is 234 g/mol. The number of nitrogens with one attached hydrogen (secondary N) is 1. The van der Waals surface area contributed by atoms with Gasteiger partial charge in [0.1, 0.15) is 0 Å². The molecule has 3 heteroatoms. The third-order valence-electron chi connectivity index (χ3n) is 3.72. The van der Waals surface area contributed by atoms with Gasteiger partial charge in [-0.15, -0.1) is 0 Å². The van der Waals surface area contributed by atoms with E-state index in [1.807, 2.05) is 13.0 Å². The van der Waals surface area contributed by atoms with Crippen molar-refractivity contribution in [1.82, 2.24) is 9.88 Å². The van der Waals surface area contributed by atoms with Gasteiger partial charge in [0.25, 0.3) is 0 Å². The number of H-pyrrole nitrogens is 1. The number of nitrogens with zero attached hydrogens (tertiary/aromatic N) is 1. The highest BCUT2D eigenvalue weighted by Gasteiger charge is 2.26. The second-order valence-corrected chi connectivity index (χ2v) is 5.25. The van der Waals surface area contributed by atoms with Gasteiger partial charge in [0.2, 0.25) is 5.56 Å². The highest BCUT2D eigenvalue weighted by molar-refractivity contribution is 5.23. The lowest BCUT2D eigenvalue weighted by molar-refractivity contribution is 0.111. The topological polar surface area (TPSA) is 36.1 Å². The maximum atomic E-state index is 11.3. The minimum absolute atomic E-state index is 0.00171. The Morgan fingerprint density at radius 2 is 2.12 bits per heavy atom. The van der Waals surface area contributed by atoms with E-state index in [1.54, 1.807) is 6.07 Å². The Morgan fingerprint density at radius 1 is 1.35 bits per heavy atom. The van der Waals surface area contributed by atoms with Gasteiger partial charge < -0.3 is 4.98 Å². The fraction of sp³-hybridized carbons (Fsp3) is 0.643. The molecule has 0 radical (unpaired) electrons. The van der Waals surface area contributed by atoms with Crippen LogP contribution in [0.5, 0.6) is 0 Å². The second kappa shape index (κ2) is 5.05. The van der Waals surface area contributed by atoms with E-state index in [4.69, 9.17) is 0 Å². The molecule has 1 atom stereocenters. The number of piperidine rings is 1. The molecule has 1 aliphatic heterocycles. The quantitative estimate of drug-likeness (QED) is 0.854. The van der Waals surface area contributed by atoms with E-state index in [2.05, 4.69) is 23.7 Å². The van der Waals surface area contributed by atoms with Crippen LogP contribution in [-0.4, -0.2) is 22.5 Å². The molecule has 0 aliphatic carbocycles. The Kier molecular flexibility index (Phi) is 3.67. The van der Waals surface area contributed by atoms with Gasteiger partial charge in [0.05, 0.1) is 0 Å². The van der Waals surface area contributed by atoms with Crippen molar-refractivity contribution in [2.45, 2.75) is 52.1 Å². The maximum absolute atomic E-state index is 11.3. The van der Waals surface area contributed by atoms with Gasteiger partial charge in [0.15, 0.2) is 0 Å². The number of likely N-dealkylation sites (tertiary alicyclic amines) is 1. The number of aryl methyl sites for hydroxylation is 1. The molecule has 0 spiro atoms. The summed E-state index contributed by atoms with van der Waals surface area (Å²) in [7, 11) is 0. The van der Waals surface area contributed by atoms with Crippen LogP contribution in [0.15, 0.2) is 16.9 Å². The predicted octanol–water partition coefficient (Wildman–Crippen LogP) is 2.62. The van der Waals surface area contributed by atoms with Crippen molar-refractivity contribution in [3.63, 3.8) is 0 Å². The molecule has 0 unspecified atom stereocenters. The highest BCUT2D eigenvalue weighted by Crippen LogP contribution is 2.32. The van der Waals surface area contributed by atoms with E-state index in [9.17, 15) is 4.79 Å². The molecule has 2 rings (SSSR count). The minimum atomic E-state index is -0.00171. The SMILES string of the molecule is Cc1[nH]c(=O)ccc1[C@H]1CCCCN1C(C)C. The first-order valence-corrected chi connectivity index (χ1v) is 6.55. The largest absolute Gasteiger partial charge is 0.326 e. The molecular formula is C14H22N2O. The molecule has 1 aromatic rings. The smallest absolute Gasteiger partial charge is 0.248 e. The van der Waals surface area contributed by atoms with Crippen LogP contribution in [0.25, 0.3) is 0 Å². The Bertz CT molecular complexity index is 436. The molecule has 1 fully saturated rings. The Labute approximate surface area is 103 Å². The Morgan fingerprint density at radius 3 is 2.76 bits per heavy atom. The zero-order valence-electron chi connectivity index (χ0n) is 11.0. The van der Waals surface area contributed by atoms with E-state index in [-0.39, 0.29) is 5.56 Å². The minimum Gasteiger partial charge on any atom is -0.326 e. The summed E-state index contributed by atoms with van der Waals surface area (Å²) >= 11 is 0. The summed E-state index contributed by atoms with van der Waals surface area (Å²) in [6.45, 7) is 7.67. The van der Waals surface area contributed by atoms with E-state index < -0.39 is 0 Å². The van der Waals surface area contributed by atoms with E-state index in [0.29, 0.717) is 12.1 Å². The number of rotatable bonds is 2.